The number of alkyl halides is 3. The molecule has 4 rings (SSSR count). The molecule has 7 nitrogen and oxygen atoms in total. The number of rotatable bonds is 6. The molecule has 0 saturated carbocycles. The van der Waals surface area contributed by atoms with Crippen molar-refractivity contribution in [3.63, 3.8) is 0 Å². The van der Waals surface area contributed by atoms with Crippen molar-refractivity contribution >= 4 is 49.1 Å². The van der Waals surface area contributed by atoms with Crippen LogP contribution >= 0.6 is 16.1 Å². The lowest BCUT2D eigenvalue weighted by Crippen LogP contribution is -2.39. The summed E-state index contributed by atoms with van der Waals surface area (Å²) in [4.78, 5) is 11.3. The molecule has 0 saturated heterocycles. The maximum Gasteiger partial charge on any atom is 0.408 e. The molecule has 0 bridgehead atoms. The Morgan fingerprint density at radius 2 is 1.76 bits per heavy atom. The zero-order valence-electron chi connectivity index (χ0n) is 18.4. The summed E-state index contributed by atoms with van der Waals surface area (Å²) in [5, 5.41) is 2.95. The van der Waals surface area contributed by atoms with Crippen molar-refractivity contribution in [1.29, 1.82) is 0 Å². The van der Waals surface area contributed by atoms with Gasteiger partial charge in [-0.3, -0.25) is 8.72 Å². The molecular weight excluding hydrogens is 587 g/mol. The number of amides is 1. The van der Waals surface area contributed by atoms with Gasteiger partial charge in [-0.05, 0) is 24.3 Å². The minimum atomic E-state index is -5.25. The van der Waals surface area contributed by atoms with Gasteiger partial charge >= 0.3 is 6.18 Å². The highest BCUT2D eigenvalue weighted by atomic mass is 79.9. The first-order chi connectivity index (χ1) is 17.3. The third-order valence-corrected chi connectivity index (χ3v) is 7.38. The second-order valence-electron chi connectivity index (χ2n) is 7.80. The van der Waals surface area contributed by atoms with E-state index in [1.54, 1.807) is 18.2 Å². The van der Waals surface area contributed by atoms with E-state index in [1.807, 2.05) is 0 Å². The van der Waals surface area contributed by atoms with Gasteiger partial charge < -0.3 is 11.1 Å². The number of nitrogens with zero attached hydrogens (tertiary/aromatic N) is 1. The van der Waals surface area contributed by atoms with Crippen LogP contribution in [0.3, 0.4) is 0 Å². The summed E-state index contributed by atoms with van der Waals surface area (Å²) in [5.41, 5.74) is 5.31. The number of primary amides is 1. The maximum absolute atomic E-state index is 14.2. The summed E-state index contributed by atoms with van der Waals surface area (Å²) in [7, 11) is -4.94. The Hall–Kier alpha value is -3.49. The second kappa shape index (κ2) is 9.76. The van der Waals surface area contributed by atoms with Crippen LogP contribution in [0.15, 0.2) is 71.8 Å². The fourth-order valence-corrected chi connectivity index (χ4v) is 5.87. The normalized spacial score (nSPS) is 14.4. The number of nitrogens with two attached hydrogens (primary N) is 1. The lowest BCUT2D eigenvalue weighted by atomic mass is 10.0. The number of para-hydroxylation sites is 1. The van der Waals surface area contributed by atoms with Gasteiger partial charge in [-0.2, -0.15) is 17.9 Å². The molecule has 0 spiro atoms. The minimum Gasteiger partial charge on any atom is -0.366 e. The smallest absolute Gasteiger partial charge is 0.366 e. The van der Waals surface area contributed by atoms with Gasteiger partial charge in [0.05, 0.1) is 33.2 Å². The molecule has 0 unspecified atom stereocenters. The van der Waals surface area contributed by atoms with Gasteiger partial charge in [0, 0.05) is 29.0 Å². The summed E-state index contributed by atoms with van der Waals surface area (Å²) in [5.74, 6) is -3.40. The number of halogens is 6. The van der Waals surface area contributed by atoms with Crippen molar-refractivity contribution in [2.45, 2.75) is 17.1 Å². The lowest BCUT2D eigenvalue weighted by molar-refractivity contribution is -0.153. The van der Waals surface area contributed by atoms with Gasteiger partial charge in [0.25, 0.3) is 0 Å². The number of nitrogens with one attached hydrogen (secondary N) is 2. The van der Waals surface area contributed by atoms with Crippen molar-refractivity contribution in [3.05, 3.63) is 95.2 Å². The Kier molecular flexibility index (Phi) is 7.01. The minimum absolute atomic E-state index is 0.0872. The lowest BCUT2D eigenvalue weighted by Gasteiger charge is -2.29. The Balaban J connectivity index is 1.75. The number of sulfonamides is 1. The molecule has 1 heterocycles. The molecule has 37 heavy (non-hydrogen) atoms. The number of fused-ring (bicyclic) bond motifs is 1. The highest BCUT2D eigenvalue weighted by Gasteiger charge is 2.45. The predicted octanol–water partition coefficient (Wildman–Crippen LogP) is 5.19. The summed E-state index contributed by atoms with van der Waals surface area (Å²) >= 11 is 3.18. The molecule has 3 aromatic rings. The first kappa shape index (κ1) is 26.6. The third-order valence-electron chi connectivity index (χ3n) is 5.37. The summed E-state index contributed by atoms with van der Waals surface area (Å²) in [6.45, 7) is 0. The van der Waals surface area contributed by atoms with Crippen LogP contribution in [0.25, 0.3) is 5.70 Å². The van der Waals surface area contributed by atoms with Crippen molar-refractivity contribution < 1.29 is 35.2 Å². The maximum atomic E-state index is 14.2. The van der Waals surface area contributed by atoms with Crippen molar-refractivity contribution in [2.24, 2.45) is 5.73 Å². The molecule has 3 aromatic carbocycles. The predicted molar refractivity (Wildman–Crippen MR) is 130 cm³/mol. The SMILES string of the molecule is NC(=O)c1ccccc1C1=CN(Br)c2c(cccc2S(=O)(=O)N[C@@H](c2ccc(F)cc2F)C(F)(F)F)N1. The molecule has 1 aliphatic heterocycles. The Bertz CT molecular complexity index is 1530. The molecule has 194 valence electrons. The van der Waals surface area contributed by atoms with Crippen molar-refractivity contribution in [1.82, 2.24) is 4.72 Å². The third kappa shape index (κ3) is 5.31. The van der Waals surface area contributed by atoms with E-state index in [2.05, 4.69) is 21.5 Å². The average Bonchev–Trinajstić information content (AvgIpc) is 2.82. The molecule has 0 fully saturated rings. The van der Waals surface area contributed by atoms with Gasteiger partial charge in [0.1, 0.15) is 22.6 Å². The van der Waals surface area contributed by atoms with E-state index in [0.29, 0.717) is 23.4 Å². The Morgan fingerprint density at radius 3 is 2.41 bits per heavy atom. The zero-order valence-corrected chi connectivity index (χ0v) is 20.8. The van der Waals surface area contributed by atoms with E-state index in [0.717, 1.165) is 6.07 Å². The van der Waals surface area contributed by atoms with E-state index in [4.69, 9.17) is 5.73 Å². The fraction of sp³-hybridized carbons (Fsp3) is 0.0870. The highest BCUT2D eigenvalue weighted by Crippen LogP contribution is 2.43. The van der Waals surface area contributed by atoms with E-state index >= 15 is 0 Å². The second-order valence-corrected chi connectivity index (χ2v) is 10.2. The summed E-state index contributed by atoms with van der Waals surface area (Å²) in [6.07, 6.45) is -3.89. The molecule has 0 radical (unpaired) electrons. The number of carbonyl (C=O) groups is 1. The first-order valence-corrected chi connectivity index (χ1v) is 12.5. The van der Waals surface area contributed by atoms with Gasteiger partial charge in [-0.1, -0.05) is 30.3 Å². The molecule has 14 heteroatoms. The van der Waals surface area contributed by atoms with Crippen LogP contribution in [0.1, 0.15) is 27.5 Å². The van der Waals surface area contributed by atoms with E-state index < -0.39 is 50.2 Å². The number of hydrogen-bond acceptors (Lipinski definition) is 5. The monoisotopic (exact) mass is 602 g/mol. The van der Waals surface area contributed by atoms with Crippen LogP contribution in [0, 0.1) is 11.6 Å². The standard InChI is InChI=1S/C23H16BrF5N4O3S/c24-33-11-18(13-4-1-2-5-14(13)22(30)34)31-17-6-3-7-19(20(17)33)37(35,36)32-21(23(27,28)29)15-9-8-12(25)10-16(15)26/h1-11,21,31-32H,(H2,30,34)/t21-/m0/s1. The van der Waals surface area contributed by atoms with Crippen LogP contribution in [0.2, 0.25) is 0 Å². The molecule has 0 aliphatic carbocycles. The molecule has 1 amide bonds. The van der Waals surface area contributed by atoms with Crippen LogP contribution in [0.4, 0.5) is 33.3 Å². The largest absolute Gasteiger partial charge is 0.408 e. The molecule has 1 aliphatic rings. The Morgan fingerprint density at radius 1 is 1.05 bits per heavy atom. The van der Waals surface area contributed by atoms with E-state index in [9.17, 15) is 35.2 Å². The number of carbonyl (C=O) groups excluding carboxylic acids is 1. The Labute approximate surface area is 216 Å². The van der Waals surface area contributed by atoms with Gasteiger partial charge in [-0.25, -0.2) is 17.2 Å². The van der Waals surface area contributed by atoms with Crippen LogP contribution in [-0.4, -0.2) is 20.5 Å². The molecule has 1 atom stereocenters. The fourth-order valence-electron chi connectivity index (χ4n) is 3.75. The van der Waals surface area contributed by atoms with Crippen LogP contribution < -0.4 is 19.7 Å². The number of benzene rings is 3. The van der Waals surface area contributed by atoms with Gasteiger partial charge in [0.2, 0.25) is 15.9 Å². The highest BCUT2D eigenvalue weighted by molar-refractivity contribution is 9.10. The van der Waals surface area contributed by atoms with Gasteiger partial charge in [-0.15, -0.1) is 0 Å². The van der Waals surface area contributed by atoms with Crippen molar-refractivity contribution in [3.8, 4) is 0 Å². The van der Waals surface area contributed by atoms with Crippen LogP contribution in [0.5, 0.6) is 0 Å². The number of hydrogen-bond donors (Lipinski definition) is 3. The molecular formula is C23H16BrF5N4O3S. The average molecular weight is 603 g/mol. The van der Waals surface area contributed by atoms with Crippen LogP contribution in [-0.2, 0) is 10.0 Å². The van der Waals surface area contributed by atoms with E-state index in [1.165, 1.54) is 33.0 Å². The van der Waals surface area contributed by atoms with Crippen molar-refractivity contribution in [2.75, 3.05) is 9.24 Å². The number of anilines is 2. The van der Waals surface area contributed by atoms with E-state index in [-0.39, 0.29) is 23.0 Å². The summed E-state index contributed by atoms with van der Waals surface area (Å²) in [6, 6.07) is 8.49. The quantitative estimate of drug-likeness (QED) is 0.266. The summed E-state index contributed by atoms with van der Waals surface area (Å²) < 4.78 is 98.0. The molecule has 0 aromatic heterocycles. The topological polar surface area (TPSA) is 105 Å². The first-order valence-electron chi connectivity index (χ1n) is 10.3. The molecule has 4 N–H and O–H groups in total. The zero-order chi connectivity index (χ0) is 27.1. The van der Waals surface area contributed by atoms with Gasteiger partial charge in [0.15, 0.2) is 0 Å².